The molecule has 0 spiro atoms. The highest BCUT2D eigenvalue weighted by Gasteiger charge is 2.03. The average molecular weight is 185 g/mol. The quantitative estimate of drug-likeness (QED) is 0.287. The molecule has 12 heavy (non-hydrogen) atoms. The van der Waals surface area contributed by atoms with E-state index in [9.17, 15) is 9.59 Å². The van der Waals surface area contributed by atoms with Gasteiger partial charge in [0.15, 0.2) is 0 Å². The molecule has 0 aliphatic heterocycles. The van der Waals surface area contributed by atoms with Crippen molar-refractivity contribution in [2.45, 2.75) is 39.5 Å². The minimum atomic E-state index is -0.522. The molecule has 0 heterocycles. The zero-order valence-corrected chi connectivity index (χ0v) is 8.79. The molecule has 0 aromatic rings. The lowest BCUT2D eigenvalue weighted by molar-refractivity contribution is -0.158. The molecule has 0 aromatic heterocycles. The first-order valence-corrected chi connectivity index (χ1v) is 3.88. The van der Waals surface area contributed by atoms with Crippen molar-refractivity contribution in [1.82, 2.24) is 0 Å². The topological polar surface area (TPSA) is 43.4 Å². The van der Waals surface area contributed by atoms with Crippen molar-refractivity contribution in [3.05, 3.63) is 0 Å². The molecule has 0 atom stereocenters. The van der Waals surface area contributed by atoms with E-state index < -0.39 is 11.9 Å². The highest BCUT2D eigenvalue weighted by molar-refractivity contribution is 5.83. The highest BCUT2D eigenvalue weighted by Crippen LogP contribution is 2.00. The predicted octanol–water partition coefficient (Wildman–Crippen LogP) is 1.28. The van der Waals surface area contributed by atoms with Gasteiger partial charge in [0, 0.05) is 30.7 Å². The maximum atomic E-state index is 10.7. The Balaban J connectivity index is 0. The predicted molar refractivity (Wildman–Crippen MR) is 46.7 cm³/mol. The van der Waals surface area contributed by atoms with Crippen molar-refractivity contribution in [1.29, 1.82) is 0 Å². The summed E-state index contributed by atoms with van der Waals surface area (Å²) in [6.45, 7) is 3.29. The van der Waals surface area contributed by atoms with Gasteiger partial charge in [-0.2, -0.15) is 0 Å². The Morgan fingerprint density at radius 1 is 1.25 bits per heavy atom. The molecule has 0 saturated heterocycles. The van der Waals surface area contributed by atoms with Crippen molar-refractivity contribution in [3.63, 3.8) is 0 Å². The largest absolute Gasteiger partial charge is 0.393 e. The van der Waals surface area contributed by atoms with Gasteiger partial charge in [-0.1, -0.05) is 19.8 Å². The molecular formula is C8H14AlO3. The van der Waals surface area contributed by atoms with Crippen LogP contribution < -0.4 is 0 Å². The minimum Gasteiger partial charge on any atom is -0.393 e. The Hall–Kier alpha value is -0.328. The lowest BCUT2D eigenvalue weighted by Gasteiger charge is -1.97. The first-order chi connectivity index (χ1) is 5.16. The van der Waals surface area contributed by atoms with Gasteiger partial charge in [0.05, 0.1) is 0 Å². The lowest BCUT2D eigenvalue weighted by atomic mass is 10.2. The molecule has 0 aromatic carbocycles. The van der Waals surface area contributed by atoms with E-state index in [-0.39, 0.29) is 17.4 Å². The SMILES string of the molecule is CCCCCC(=O)OC(C)=O.[Al]. The number of unbranched alkanes of at least 4 members (excludes halogenated alkanes) is 2. The van der Waals surface area contributed by atoms with Crippen LogP contribution in [-0.4, -0.2) is 29.3 Å². The standard InChI is InChI=1S/C8H14O3.Al/c1-3-4-5-6-8(10)11-7(2)9;/h3-6H2,1-2H3;. The van der Waals surface area contributed by atoms with E-state index in [4.69, 9.17) is 0 Å². The molecule has 0 saturated carbocycles. The Morgan fingerprint density at radius 2 is 1.83 bits per heavy atom. The van der Waals surface area contributed by atoms with E-state index in [1.807, 2.05) is 0 Å². The fraction of sp³-hybridized carbons (Fsp3) is 0.750. The van der Waals surface area contributed by atoms with Gasteiger partial charge in [-0.15, -0.1) is 0 Å². The summed E-state index contributed by atoms with van der Waals surface area (Å²) >= 11 is 0. The molecule has 0 N–H and O–H groups in total. The summed E-state index contributed by atoms with van der Waals surface area (Å²) < 4.78 is 4.32. The second-order valence-electron chi connectivity index (χ2n) is 2.42. The summed E-state index contributed by atoms with van der Waals surface area (Å²) in [5.41, 5.74) is 0. The third kappa shape index (κ3) is 9.67. The van der Waals surface area contributed by atoms with Crippen molar-refractivity contribution >= 4 is 29.3 Å². The lowest BCUT2D eigenvalue weighted by Crippen LogP contribution is -2.08. The Labute approximate surface area is 83.6 Å². The molecule has 0 fully saturated rings. The summed E-state index contributed by atoms with van der Waals surface area (Å²) in [5.74, 6) is -0.933. The monoisotopic (exact) mass is 185 g/mol. The zero-order valence-electron chi connectivity index (χ0n) is 7.63. The summed E-state index contributed by atoms with van der Waals surface area (Å²) in [5, 5.41) is 0. The molecule has 0 rings (SSSR count). The number of rotatable bonds is 4. The van der Waals surface area contributed by atoms with Crippen molar-refractivity contribution < 1.29 is 14.3 Å². The smallest absolute Gasteiger partial charge is 0.313 e. The third-order valence-electron chi connectivity index (χ3n) is 1.24. The Morgan fingerprint density at radius 3 is 2.25 bits per heavy atom. The molecule has 0 aliphatic rings. The molecule has 3 nitrogen and oxygen atoms in total. The van der Waals surface area contributed by atoms with Crippen LogP contribution in [0.1, 0.15) is 39.5 Å². The van der Waals surface area contributed by atoms with Crippen LogP contribution in [0.15, 0.2) is 0 Å². The number of hydrogen-bond acceptors (Lipinski definition) is 3. The number of esters is 2. The number of carbonyl (C=O) groups excluding carboxylic acids is 2. The fourth-order valence-corrected chi connectivity index (χ4v) is 0.731. The van der Waals surface area contributed by atoms with Gasteiger partial charge >= 0.3 is 11.9 Å². The summed E-state index contributed by atoms with van der Waals surface area (Å²) in [7, 11) is 0. The van der Waals surface area contributed by atoms with Crippen LogP contribution in [0.4, 0.5) is 0 Å². The fourth-order valence-electron chi connectivity index (χ4n) is 0.731. The van der Waals surface area contributed by atoms with Crippen molar-refractivity contribution in [3.8, 4) is 0 Å². The molecular weight excluding hydrogens is 171 g/mol. The maximum Gasteiger partial charge on any atom is 0.313 e. The third-order valence-corrected chi connectivity index (χ3v) is 1.24. The summed E-state index contributed by atoms with van der Waals surface area (Å²) in [6, 6.07) is 0. The van der Waals surface area contributed by atoms with Gasteiger partial charge in [-0.25, -0.2) is 0 Å². The van der Waals surface area contributed by atoms with Crippen LogP contribution in [-0.2, 0) is 14.3 Å². The second-order valence-corrected chi connectivity index (χ2v) is 2.42. The number of carbonyl (C=O) groups is 2. The van der Waals surface area contributed by atoms with Gasteiger partial charge in [0.1, 0.15) is 0 Å². The first kappa shape index (κ1) is 14.2. The molecule has 0 unspecified atom stereocenters. The van der Waals surface area contributed by atoms with Crippen LogP contribution in [0.3, 0.4) is 0 Å². The van der Waals surface area contributed by atoms with Crippen LogP contribution in [0.2, 0.25) is 0 Å². The maximum absolute atomic E-state index is 10.7. The summed E-state index contributed by atoms with van der Waals surface area (Å²) in [4.78, 5) is 20.9. The van der Waals surface area contributed by atoms with E-state index in [2.05, 4.69) is 11.7 Å². The van der Waals surface area contributed by atoms with E-state index in [1.54, 1.807) is 0 Å². The van der Waals surface area contributed by atoms with E-state index in [0.29, 0.717) is 6.42 Å². The molecule has 0 amide bonds. The van der Waals surface area contributed by atoms with E-state index in [1.165, 1.54) is 6.92 Å². The van der Waals surface area contributed by atoms with E-state index >= 15 is 0 Å². The van der Waals surface area contributed by atoms with Gasteiger partial charge in [-0.05, 0) is 6.42 Å². The number of ether oxygens (including phenoxy) is 1. The van der Waals surface area contributed by atoms with Crippen molar-refractivity contribution in [2.75, 3.05) is 0 Å². The molecule has 0 bridgehead atoms. The van der Waals surface area contributed by atoms with Gasteiger partial charge in [0.2, 0.25) is 0 Å². The average Bonchev–Trinajstić information content (AvgIpc) is 1.86. The summed E-state index contributed by atoms with van der Waals surface area (Å²) in [6.07, 6.45) is 3.23. The Kier molecular flexibility index (Phi) is 10.4. The van der Waals surface area contributed by atoms with Gasteiger partial charge < -0.3 is 4.74 Å². The number of hydrogen-bond donors (Lipinski definition) is 0. The second kappa shape index (κ2) is 8.77. The Bertz CT molecular complexity index is 145. The van der Waals surface area contributed by atoms with Crippen molar-refractivity contribution in [2.24, 2.45) is 0 Å². The molecule has 67 valence electrons. The van der Waals surface area contributed by atoms with Crippen LogP contribution in [0.5, 0.6) is 0 Å². The molecule has 0 aliphatic carbocycles. The van der Waals surface area contributed by atoms with E-state index in [0.717, 1.165) is 19.3 Å². The molecule has 3 radical (unpaired) electrons. The normalized spacial score (nSPS) is 8.50. The van der Waals surface area contributed by atoms with Gasteiger partial charge in [-0.3, -0.25) is 9.59 Å². The van der Waals surface area contributed by atoms with Crippen LogP contribution in [0.25, 0.3) is 0 Å². The zero-order chi connectivity index (χ0) is 8.69. The highest BCUT2D eigenvalue weighted by atomic mass is 27.0. The molecule has 4 heteroatoms. The first-order valence-electron chi connectivity index (χ1n) is 3.88. The minimum absolute atomic E-state index is 0. The van der Waals surface area contributed by atoms with Gasteiger partial charge in [0.25, 0.3) is 0 Å². The van der Waals surface area contributed by atoms with Crippen LogP contribution >= 0.6 is 0 Å². The van der Waals surface area contributed by atoms with Crippen LogP contribution in [0, 0.1) is 0 Å².